The summed E-state index contributed by atoms with van der Waals surface area (Å²) in [7, 11) is -2.73. The number of carbonyl (C=O) groups excluding carboxylic acids is 5. The summed E-state index contributed by atoms with van der Waals surface area (Å²) < 4.78 is 20.5. The number of Topliss-reactive ketones (excluding diaryl/α,β-unsaturated/α-hetero) is 1. The number of nitrogens with one attached hydrogen (secondary N) is 1. The number of hydrogen-bond acceptors (Lipinski definition) is 8. The monoisotopic (exact) mass is 409 g/mol. The molecule has 0 saturated carbocycles. The molecule has 0 radical (unpaired) electrons. The van der Waals surface area contributed by atoms with Crippen molar-refractivity contribution in [1.29, 1.82) is 0 Å². The molecule has 3 N–H and O–H groups in total. The van der Waals surface area contributed by atoms with Gasteiger partial charge < -0.3 is 29.4 Å². The Balaban J connectivity index is 4.87. The third kappa shape index (κ3) is 8.89. The number of esters is 2. The van der Waals surface area contributed by atoms with Gasteiger partial charge in [0, 0.05) is 25.8 Å². The molecule has 0 saturated heterocycles. The zero-order chi connectivity index (χ0) is 21.1. The summed E-state index contributed by atoms with van der Waals surface area (Å²) >= 11 is 0. The van der Waals surface area contributed by atoms with Gasteiger partial charge in [0.1, 0.15) is 17.2 Å². The molecule has 0 heterocycles. The largest absolute Gasteiger partial charge is 0.469 e. The van der Waals surface area contributed by atoms with E-state index >= 15 is 0 Å². The SMILES string of the molecule is COC(=O)CCC(=O)CCC(C=O)(CNC(=O)CCC(=O)OC)P(=O)(O)O. The van der Waals surface area contributed by atoms with Crippen LogP contribution in [0.1, 0.15) is 38.5 Å². The van der Waals surface area contributed by atoms with Gasteiger partial charge in [0.05, 0.1) is 27.1 Å². The van der Waals surface area contributed by atoms with Crippen molar-refractivity contribution in [2.24, 2.45) is 0 Å². The Labute approximate surface area is 155 Å². The number of methoxy groups -OCH3 is 2. The van der Waals surface area contributed by atoms with E-state index in [1.165, 1.54) is 0 Å². The molecule has 0 aliphatic rings. The van der Waals surface area contributed by atoms with Crippen LogP contribution in [0, 0.1) is 0 Å². The van der Waals surface area contributed by atoms with E-state index < -0.39 is 49.3 Å². The number of carbonyl (C=O) groups is 5. The van der Waals surface area contributed by atoms with Gasteiger partial charge in [-0.15, -0.1) is 0 Å². The van der Waals surface area contributed by atoms with Crippen molar-refractivity contribution in [2.45, 2.75) is 43.7 Å². The smallest absolute Gasteiger partial charge is 0.340 e. The standard InChI is InChI=1S/C15H24NO10P/c1-25-13(20)5-3-11(18)7-8-15(10-17,27(22,23)24)9-16-12(19)4-6-14(21)26-2/h10H,3-9H2,1-2H3,(H,16,19)(H2,22,23,24). The predicted octanol–water partition coefficient (Wildman–Crippen LogP) is -0.526. The lowest BCUT2D eigenvalue weighted by Crippen LogP contribution is -2.44. The Kier molecular flexibility index (Phi) is 10.7. The quantitative estimate of drug-likeness (QED) is 0.204. The van der Waals surface area contributed by atoms with Crippen LogP contribution in [0.4, 0.5) is 0 Å². The van der Waals surface area contributed by atoms with Crippen LogP contribution in [-0.2, 0) is 38.0 Å². The molecule has 0 aliphatic carbocycles. The van der Waals surface area contributed by atoms with Crippen LogP contribution < -0.4 is 5.32 Å². The van der Waals surface area contributed by atoms with E-state index in [9.17, 15) is 38.3 Å². The Morgan fingerprint density at radius 3 is 1.93 bits per heavy atom. The molecular weight excluding hydrogens is 385 g/mol. The Hall–Kier alpha value is -2.10. The Morgan fingerprint density at radius 1 is 0.963 bits per heavy atom. The van der Waals surface area contributed by atoms with Gasteiger partial charge in [0.15, 0.2) is 0 Å². The molecule has 12 heteroatoms. The van der Waals surface area contributed by atoms with Gasteiger partial charge in [-0.3, -0.25) is 23.7 Å². The first-order chi connectivity index (χ1) is 12.5. The minimum atomic E-state index is -5.03. The summed E-state index contributed by atoms with van der Waals surface area (Å²) in [4.78, 5) is 76.0. The van der Waals surface area contributed by atoms with Crippen molar-refractivity contribution < 1.29 is 47.8 Å². The molecule has 0 fully saturated rings. The third-order valence-electron chi connectivity index (χ3n) is 3.85. The van der Waals surface area contributed by atoms with E-state index in [2.05, 4.69) is 14.8 Å². The summed E-state index contributed by atoms with van der Waals surface area (Å²) in [5, 5.41) is -0.0949. The van der Waals surface area contributed by atoms with E-state index in [4.69, 9.17) is 0 Å². The number of ether oxygens (including phenoxy) is 2. The lowest BCUT2D eigenvalue weighted by atomic mass is 10.00. The fourth-order valence-corrected chi connectivity index (χ4v) is 2.81. The van der Waals surface area contributed by atoms with Gasteiger partial charge in [-0.25, -0.2) is 0 Å². The van der Waals surface area contributed by atoms with Crippen molar-refractivity contribution >= 4 is 37.5 Å². The summed E-state index contributed by atoms with van der Waals surface area (Å²) in [5.41, 5.74) is 0. The highest BCUT2D eigenvalue weighted by Gasteiger charge is 2.47. The first-order valence-electron chi connectivity index (χ1n) is 7.95. The van der Waals surface area contributed by atoms with Crippen molar-refractivity contribution in [3.8, 4) is 0 Å². The summed E-state index contributed by atoms with van der Waals surface area (Å²) in [6.07, 6.45) is -1.80. The molecule has 27 heavy (non-hydrogen) atoms. The van der Waals surface area contributed by atoms with Crippen LogP contribution in [-0.4, -0.2) is 65.6 Å². The lowest BCUT2D eigenvalue weighted by Gasteiger charge is -2.28. The van der Waals surface area contributed by atoms with Crippen LogP contribution in [0.5, 0.6) is 0 Å². The lowest BCUT2D eigenvalue weighted by molar-refractivity contribution is -0.142. The zero-order valence-electron chi connectivity index (χ0n) is 15.1. The normalized spacial score (nSPS) is 13.2. The minimum absolute atomic E-state index is 0.0158. The highest BCUT2D eigenvalue weighted by Crippen LogP contribution is 2.51. The van der Waals surface area contributed by atoms with Gasteiger partial charge in [0.2, 0.25) is 5.91 Å². The molecule has 0 bridgehead atoms. The fourth-order valence-electron chi connectivity index (χ4n) is 1.99. The number of rotatable bonds is 13. The van der Waals surface area contributed by atoms with Crippen LogP contribution in [0.2, 0.25) is 0 Å². The van der Waals surface area contributed by atoms with Gasteiger partial charge in [-0.1, -0.05) is 0 Å². The zero-order valence-corrected chi connectivity index (χ0v) is 16.0. The molecule has 1 amide bonds. The first-order valence-corrected chi connectivity index (χ1v) is 9.56. The predicted molar refractivity (Wildman–Crippen MR) is 90.6 cm³/mol. The Bertz CT molecular complexity index is 576. The van der Waals surface area contributed by atoms with Gasteiger partial charge in [0.25, 0.3) is 0 Å². The summed E-state index contributed by atoms with van der Waals surface area (Å²) in [6, 6.07) is 0. The molecule has 154 valence electrons. The number of hydrogen-bond donors (Lipinski definition) is 3. The molecule has 1 unspecified atom stereocenters. The van der Waals surface area contributed by atoms with E-state index in [0.717, 1.165) is 14.2 Å². The fraction of sp³-hybridized carbons (Fsp3) is 0.667. The molecule has 0 aromatic carbocycles. The van der Waals surface area contributed by atoms with Gasteiger partial charge in [-0.05, 0) is 6.42 Å². The first kappa shape index (κ1) is 24.9. The maximum absolute atomic E-state index is 11.8. The molecule has 11 nitrogen and oxygen atoms in total. The average Bonchev–Trinajstić information content (AvgIpc) is 2.63. The maximum Gasteiger partial charge on any atom is 0.340 e. The van der Waals surface area contributed by atoms with Crippen molar-refractivity contribution in [3.05, 3.63) is 0 Å². The second kappa shape index (κ2) is 11.6. The second-order valence-electron chi connectivity index (χ2n) is 5.73. The van der Waals surface area contributed by atoms with Crippen molar-refractivity contribution in [1.82, 2.24) is 5.32 Å². The molecule has 0 aromatic rings. The molecule has 1 atom stereocenters. The molecule has 0 rings (SSSR count). The number of amides is 1. The molecule has 0 aliphatic heterocycles. The van der Waals surface area contributed by atoms with E-state index in [-0.39, 0.29) is 38.4 Å². The third-order valence-corrected chi connectivity index (χ3v) is 5.49. The van der Waals surface area contributed by atoms with Crippen LogP contribution in [0.15, 0.2) is 0 Å². The summed E-state index contributed by atoms with van der Waals surface area (Å²) in [5.74, 6) is -2.45. The topological polar surface area (TPSA) is 173 Å². The summed E-state index contributed by atoms with van der Waals surface area (Å²) in [6.45, 7) is -0.703. The Morgan fingerprint density at radius 2 is 1.48 bits per heavy atom. The van der Waals surface area contributed by atoms with Gasteiger partial charge >= 0.3 is 19.5 Å². The minimum Gasteiger partial charge on any atom is -0.469 e. The van der Waals surface area contributed by atoms with E-state index in [1.807, 2.05) is 0 Å². The highest BCUT2D eigenvalue weighted by atomic mass is 31.2. The second-order valence-corrected chi connectivity index (χ2v) is 7.71. The highest BCUT2D eigenvalue weighted by molar-refractivity contribution is 7.54. The van der Waals surface area contributed by atoms with Crippen LogP contribution in [0.3, 0.4) is 0 Å². The van der Waals surface area contributed by atoms with Crippen molar-refractivity contribution in [2.75, 3.05) is 20.8 Å². The number of ketones is 1. The van der Waals surface area contributed by atoms with Crippen molar-refractivity contribution in [3.63, 3.8) is 0 Å². The molecular formula is C15H24NO10P. The molecule has 0 aromatic heterocycles. The van der Waals surface area contributed by atoms with Crippen LogP contribution >= 0.6 is 7.60 Å². The van der Waals surface area contributed by atoms with E-state index in [0.29, 0.717) is 0 Å². The maximum atomic E-state index is 11.8. The van der Waals surface area contributed by atoms with Crippen LogP contribution in [0.25, 0.3) is 0 Å². The number of aldehydes is 1. The van der Waals surface area contributed by atoms with Gasteiger partial charge in [-0.2, -0.15) is 0 Å². The average molecular weight is 409 g/mol. The molecule has 0 spiro atoms. The van der Waals surface area contributed by atoms with E-state index in [1.54, 1.807) is 0 Å².